The van der Waals surface area contributed by atoms with Crippen molar-refractivity contribution < 1.29 is 22.9 Å². The van der Waals surface area contributed by atoms with Gasteiger partial charge < -0.3 is 15.1 Å². The second-order valence-electron chi connectivity index (χ2n) is 7.15. The first-order valence-corrected chi connectivity index (χ1v) is 11.4. The minimum absolute atomic E-state index is 0.0181. The van der Waals surface area contributed by atoms with Crippen LogP contribution >= 0.6 is 11.6 Å². The van der Waals surface area contributed by atoms with Gasteiger partial charge in [-0.25, -0.2) is 8.42 Å². The van der Waals surface area contributed by atoms with Gasteiger partial charge in [0, 0.05) is 30.0 Å². The van der Waals surface area contributed by atoms with E-state index >= 15 is 0 Å². The Hall–Kier alpha value is -1.64. The number of hydrogen-bond donors (Lipinski definition) is 2. The second kappa shape index (κ2) is 8.58. The molecule has 27 heavy (non-hydrogen) atoms. The quantitative estimate of drug-likeness (QED) is 0.671. The van der Waals surface area contributed by atoms with Crippen LogP contribution in [0.2, 0.25) is 5.02 Å². The maximum atomic E-state index is 12.3. The maximum Gasteiger partial charge on any atom is 0.251 e. The molecule has 9 heteroatoms. The zero-order chi connectivity index (χ0) is 19.4. The lowest BCUT2D eigenvalue weighted by molar-refractivity contribution is -0.925. The van der Waals surface area contributed by atoms with Gasteiger partial charge in [-0.05, 0) is 24.3 Å². The Balaban J connectivity index is 1.38. The first-order valence-electron chi connectivity index (χ1n) is 9.20. The molecular weight excluding hydrogens is 390 g/mol. The van der Waals surface area contributed by atoms with E-state index in [1.807, 2.05) is 0 Å². The number of benzene rings is 1. The fourth-order valence-corrected chi connectivity index (χ4v) is 5.66. The van der Waals surface area contributed by atoms with Crippen LogP contribution in [0.15, 0.2) is 24.3 Å². The smallest absolute Gasteiger partial charge is 0.251 e. The van der Waals surface area contributed by atoms with Crippen molar-refractivity contribution in [2.24, 2.45) is 0 Å². The molecule has 2 heterocycles. The Morgan fingerprint density at radius 2 is 1.85 bits per heavy atom. The van der Waals surface area contributed by atoms with E-state index in [-0.39, 0.29) is 42.3 Å². The fraction of sp³-hybridized carbons (Fsp3) is 0.556. The summed E-state index contributed by atoms with van der Waals surface area (Å²) < 4.78 is 23.3. The molecule has 2 N–H and O–H groups in total. The van der Waals surface area contributed by atoms with Crippen molar-refractivity contribution in [3.63, 3.8) is 0 Å². The van der Waals surface area contributed by atoms with Gasteiger partial charge in [0.25, 0.3) is 5.91 Å². The highest BCUT2D eigenvalue weighted by molar-refractivity contribution is 7.91. The summed E-state index contributed by atoms with van der Waals surface area (Å²) in [5.74, 6) is 0.352. The maximum absolute atomic E-state index is 12.3. The molecule has 3 rings (SSSR count). The van der Waals surface area contributed by atoms with Crippen LogP contribution in [0.4, 0.5) is 0 Å². The van der Waals surface area contributed by atoms with E-state index in [9.17, 15) is 18.0 Å². The van der Waals surface area contributed by atoms with Crippen molar-refractivity contribution in [3.05, 3.63) is 34.9 Å². The van der Waals surface area contributed by atoms with Gasteiger partial charge in [0.1, 0.15) is 11.8 Å². The first-order chi connectivity index (χ1) is 12.8. The van der Waals surface area contributed by atoms with Crippen LogP contribution in [0.1, 0.15) is 23.2 Å². The van der Waals surface area contributed by atoms with Gasteiger partial charge in [-0.1, -0.05) is 11.6 Å². The van der Waals surface area contributed by atoms with Crippen molar-refractivity contribution in [2.75, 3.05) is 44.2 Å². The van der Waals surface area contributed by atoms with Crippen molar-refractivity contribution >= 4 is 33.3 Å². The molecule has 0 unspecified atom stereocenters. The Labute approximate surface area is 164 Å². The fourth-order valence-electron chi connectivity index (χ4n) is 3.71. The number of quaternary nitrogens is 1. The zero-order valence-corrected chi connectivity index (χ0v) is 16.7. The lowest BCUT2D eigenvalue weighted by atomic mass is 10.2. The van der Waals surface area contributed by atoms with Crippen LogP contribution in [-0.4, -0.2) is 75.4 Å². The van der Waals surface area contributed by atoms with E-state index in [1.165, 1.54) is 4.90 Å². The molecule has 0 spiro atoms. The van der Waals surface area contributed by atoms with Gasteiger partial charge >= 0.3 is 0 Å². The van der Waals surface area contributed by atoms with Crippen molar-refractivity contribution in [1.29, 1.82) is 0 Å². The molecule has 2 amide bonds. The van der Waals surface area contributed by atoms with Crippen molar-refractivity contribution in [3.8, 4) is 0 Å². The molecule has 0 radical (unpaired) electrons. The number of carbonyl (C=O) groups is 2. The number of sulfone groups is 1. The molecule has 2 aliphatic heterocycles. The van der Waals surface area contributed by atoms with Crippen LogP contribution in [0.5, 0.6) is 0 Å². The summed E-state index contributed by atoms with van der Waals surface area (Å²) in [7, 11) is -2.87. The van der Waals surface area contributed by atoms with Gasteiger partial charge in [0.15, 0.2) is 9.84 Å². The van der Waals surface area contributed by atoms with E-state index in [4.69, 9.17) is 11.6 Å². The number of nitrogens with one attached hydrogen (secondary N) is 2. The Kier molecular flexibility index (Phi) is 6.39. The summed E-state index contributed by atoms with van der Waals surface area (Å²) in [5, 5.41) is 3.32. The highest BCUT2D eigenvalue weighted by Gasteiger charge is 2.37. The highest BCUT2D eigenvalue weighted by Crippen LogP contribution is 2.10. The number of piperazine rings is 1. The predicted molar refractivity (Wildman–Crippen MR) is 103 cm³/mol. The molecule has 7 nitrogen and oxygen atoms in total. The van der Waals surface area contributed by atoms with Crippen LogP contribution in [0.3, 0.4) is 0 Å². The van der Waals surface area contributed by atoms with Crippen molar-refractivity contribution in [1.82, 2.24) is 10.2 Å². The van der Waals surface area contributed by atoms with Crippen LogP contribution in [0.25, 0.3) is 0 Å². The third-order valence-electron chi connectivity index (χ3n) is 5.30. The number of hydrogen-bond acceptors (Lipinski definition) is 4. The lowest BCUT2D eigenvalue weighted by Gasteiger charge is -2.35. The van der Waals surface area contributed by atoms with Crippen LogP contribution in [0, 0.1) is 0 Å². The van der Waals surface area contributed by atoms with Gasteiger partial charge in [-0.3, -0.25) is 9.59 Å². The Morgan fingerprint density at radius 3 is 2.44 bits per heavy atom. The number of amides is 2. The minimum Gasteiger partial charge on any atom is -0.352 e. The van der Waals surface area contributed by atoms with E-state index < -0.39 is 9.84 Å². The monoisotopic (exact) mass is 414 g/mol. The summed E-state index contributed by atoms with van der Waals surface area (Å²) in [6.07, 6.45) is 0.981. The average Bonchev–Trinajstić information content (AvgIpc) is 3.02. The number of nitrogens with zero attached hydrogens (tertiary/aromatic N) is 1. The summed E-state index contributed by atoms with van der Waals surface area (Å²) in [4.78, 5) is 27.5. The molecule has 1 aromatic rings. The molecule has 0 aliphatic carbocycles. The van der Waals surface area contributed by atoms with E-state index in [1.54, 1.807) is 29.2 Å². The van der Waals surface area contributed by atoms with Crippen LogP contribution in [-0.2, 0) is 14.6 Å². The molecule has 148 valence electrons. The summed E-state index contributed by atoms with van der Waals surface area (Å²) in [5.41, 5.74) is 0.510. The summed E-state index contributed by atoms with van der Waals surface area (Å²) in [6.45, 7) is 3.12. The third kappa shape index (κ3) is 5.43. The van der Waals surface area contributed by atoms with Gasteiger partial charge in [-0.2, -0.15) is 0 Å². The third-order valence-corrected chi connectivity index (χ3v) is 7.32. The predicted octanol–water partition coefficient (Wildman–Crippen LogP) is -0.626. The zero-order valence-electron chi connectivity index (χ0n) is 15.1. The molecule has 2 aliphatic rings. The molecule has 1 aromatic carbocycles. The minimum atomic E-state index is -2.87. The van der Waals surface area contributed by atoms with E-state index in [0.29, 0.717) is 23.7 Å². The Bertz CT molecular complexity index is 789. The molecular formula is C18H25ClN3O4S+. The summed E-state index contributed by atoms with van der Waals surface area (Å²) in [6, 6.07) is 6.76. The van der Waals surface area contributed by atoms with Crippen LogP contribution < -0.4 is 10.2 Å². The first kappa shape index (κ1) is 20.1. The molecule has 2 saturated heterocycles. The number of halogens is 1. The lowest BCUT2D eigenvalue weighted by Crippen LogP contribution is -3.18. The molecule has 1 atom stereocenters. The SMILES string of the molecule is O=C(NCCC(=O)N1CC[NH+]([C@H]2CCS(=O)(=O)C2)CC1)c1ccc(Cl)cc1. The Morgan fingerprint density at radius 1 is 1.19 bits per heavy atom. The average molecular weight is 415 g/mol. The highest BCUT2D eigenvalue weighted by atomic mass is 35.5. The number of carbonyl (C=O) groups excluding carboxylic acids is 2. The largest absolute Gasteiger partial charge is 0.352 e. The van der Waals surface area contributed by atoms with Gasteiger partial charge in [-0.15, -0.1) is 0 Å². The van der Waals surface area contributed by atoms with Gasteiger partial charge in [0.2, 0.25) is 5.91 Å². The molecule has 0 saturated carbocycles. The topological polar surface area (TPSA) is 88.0 Å². The van der Waals surface area contributed by atoms with E-state index in [2.05, 4.69) is 5.32 Å². The number of rotatable bonds is 5. The second-order valence-corrected chi connectivity index (χ2v) is 9.82. The van der Waals surface area contributed by atoms with Crippen molar-refractivity contribution in [2.45, 2.75) is 18.9 Å². The molecule has 2 fully saturated rings. The molecule has 0 bridgehead atoms. The standard InChI is InChI=1S/C18H24ClN3O4S/c19-15-3-1-14(2-4-15)18(24)20-7-5-17(23)22-10-8-21(9-11-22)16-6-12-27(25,26)13-16/h1-4,16H,5-13H2,(H,20,24)/p+1/t16-/m0/s1. The van der Waals surface area contributed by atoms with E-state index in [0.717, 1.165) is 19.5 Å². The molecule has 0 aromatic heterocycles. The summed E-state index contributed by atoms with van der Waals surface area (Å²) >= 11 is 5.80. The van der Waals surface area contributed by atoms with Gasteiger partial charge in [0.05, 0.1) is 31.9 Å². The normalized spacial score (nSPS) is 22.6.